The van der Waals surface area contributed by atoms with Gasteiger partial charge in [0.1, 0.15) is 10.1 Å². The summed E-state index contributed by atoms with van der Waals surface area (Å²) in [6, 6.07) is 17.4. The first-order valence-corrected chi connectivity index (χ1v) is 28.7. The third-order valence-electron chi connectivity index (χ3n) is 14.8. The fourth-order valence-electron chi connectivity index (χ4n) is 10.8. The average molecular weight is 1060 g/mol. The monoisotopic (exact) mass is 1060 g/mol. The minimum Gasteiger partial charge on any atom is -0.748 e. The van der Waals surface area contributed by atoms with E-state index < -0.39 is 51.7 Å². The van der Waals surface area contributed by atoms with Crippen molar-refractivity contribution in [3.63, 3.8) is 0 Å². The van der Waals surface area contributed by atoms with Gasteiger partial charge < -0.3 is 33.6 Å². The number of carbonyl (C=O) groups excluding carboxylic acids is 1. The number of anilines is 2. The molecule has 0 N–H and O–H groups in total. The molecule has 2 unspecified atom stereocenters. The number of rotatable bonds is 14. The lowest BCUT2D eigenvalue weighted by Gasteiger charge is -2.28. The third kappa shape index (κ3) is 10.4. The number of hydrogen-bond acceptors (Lipinski definition) is 16. The number of piperazine rings is 1. The van der Waals surface area contributed by atoms with Crippen LogP contribution in [0, 0.1) is 0 Å². The molecule has 21 heteroatoms. The lowest BCUT2D eigenvalue weighted by Crippen LogP contribution is -2.46. The number of amides is 1. The van der Waals surface area contributed by atoms with Gasteiger partial charge in [-0.1, -0.05) is 64.1 Å². The van der Waals surface area contributed by atoms with Crippen molar-refractivity contribution in [2.75, 3.05) is 49.1 Å². The second-order valence-electron chi connectivity index (χ2n) is 19.9. The molecule has 1 saturated heterocycles. The summed E-state index contributed by atoms with van der Waals surface area (Å²) in [5.41, 5.74) is 6.86. The van der Waals surface area contributed by atoms with Crippen molar-refractivity contribution >= 4 is 86.9 Å². The maximum absolute atomic E-state index is 12.5. The zero-order valence-electron chi connectivity index (χ0n) is 41.0. The molecule has 3 aliphatic heterocycles. The van der Waals surface area contributed by atoms with Crippen LogP contribution in [0.4, 0.5) is 11.4 Å². The van der Waals surface area contributed by atoms with Gasteiger partial charge in [0.2, 0.25) is 11.6 Å². The van der Waals surface area contributed by atoms with Crippen molar-refractivity contribution in [1.29, 1.82) is 0 Å². The maximum Gasteiger partial charge on any atom is 0.219 e. The van der Waals surface area contributed by atoms with Crippen molar-refractivity contribution < 1.29 is 62.9 Å². The Morgan fingerprint density at radius 1 is 0.708 bits per heavy atom. The van der Waals surface area contributed by atoms with Crippen LogP contribution < -0.4 is 15.1 Å². The maximum atomic E-state index is 12.5. The van der Waals surface area contributed by atoms with Gasteiger partial charge in [0, 0.05) is 80.2 Å². The molecule has 1 saturated carbocycles. The van der Waals surface area contributed by atoms with Crippen LogP contribution in [0.25, 0.3) is 21.5 Å². The van der Waals surface area contributed by atoms with E-state index in [9.17, 15) is 49.0 Å². The van der Waals surface area contributed by atoms with Gasteiger partial charge in [0.25, 0.3) is 0 Å². The molecule has 386 valence electrons. The number of carbonyl (C=O) groups is 1. The Morgan fingerprint density at radius 3 is 1.62 bits per heavy atom. The van der Waals surface area contributed by atoms with E-state index in [2.05, 4.69) is 50.9 Å². The Bertz CT molecular complexity index is 3370. The highest BCUT2D eigenvalue weighted by Gasteiger charge is 2.43. The van der Waals surface area contributed by atoms with Crippen LogP contribution in [0.5, 0.6) is 0 Å². The molecule has 4 aromatic rings. The molecular formula is C51H57N4O13S4-3. The Labute approximate surface area is 425 Å². The van der Waals surface area contributed by atoms with Crippen molar-refractivity contribution in [2.45, 2.75) is 105 Å². The number of nitrogens with zero attached hydrogens (tertiary/aromatic N) is 4. The van der Waals surface area contributed by atoms with Gasteiger partial charge in [-0.05, 0) is 121 Å². The van der Waals surface area contributed by atoms with Gasteiger partial charge >= 0.3 is 0 Å². The van der Waals surface area contributed by atoms with E-state index in [4.69, 9.17) is 0 Å². The standard InChI is InChI=1S/C51H60N4O13S4/c1-32(70(58,59)60)22-24-54-43-18-10-37-30-39(69-68-67-57)14-16-41(37)47(43)50(4,5)45(54)20-12-35-8-9-36(49(35)53-28-26-52(27-29-53)34(3)56)13-21-46-51(6,7)48-42-17-15-40(72(64,65)66)31-38(42)11-19-44(48)55(46)25-23-33(2)71(61,62)63/h10-21,30-33H,8-9,22-29H2,1-7H3,(H3-,57,58,59,60,61,62,63,64,65,66)/p-3. The molecule has 1 amide bonds. The van der Waals surface area contributed by atoms with E-state index in [0.29, 0.717) is 49.3 Å². The topological polar surface area (TPSA) is 243 Å². The summed E-state index contributed by atoms with van der Waals surface area (Å²) < 4.78 is 116. The van der Waals surface area contributed by atoms with Crippen molar-refractivity contribution in [2.24, 2.45) is 0 Å². The smallest absolute Gasteiger partial charge is 0.219 e. The van der Waals surface area contributed by atoms with E-state index in [0.717, 1.165) is 79.0 Å². The molecule has 1 aliphatic carbocycles. The van der Waals surface area contributed by atoms with Crippen LogP contribution in [0.3, 0.4) is 0 Å². The summed E-state index contributed by atoms with van der Waals surface area (Å²) in [4.78, 5) is 18.7. The van der Waals surface area contributed by atoms with Crippen LogP contribution in [-0.2, 0) is 55.4 Å². The van der Waals surface area contributed by atoms with E-state index in [1.165, 1.54) is 26.0 Å². The average Bonchev–Trinajstić information content (AvgIpc) is 3.89. The summed E-state index contributed by atoms with van der Waals surface area (Å²) in [5.74, 6) is -0.0118. The molecule has 72 heavy (non-hydrogen) atoms. The van der Waals surface area contributed by atoms with Crippen molar-refractivity contribution in [3.05, 3.63) is 119 Å². The molecule has 4 aromatic carbocycles. The summed E-state index contributed by atoms with van der Waals surface area (Å²) in [6.07, 6.45) is 9.70. The van der Waals surface area contributed by atoms with Gasteiger partial charge in [0.15, 0.2) is 13.1 Å². The molecule has 0 spiro atoms. The quantitative estimate of drug-likeness (QED) is 0.0436. The van der Waals surface area contributed by atoms with Gasteiger partial charge in [0.05, 0.1) is 50.3 Å². The zero-order chi connectivity index (χ0) is 52.3. The third-order valence-corrected chi connectivity index (χ3v) is 18.6. The molecule has 2 fully saturated rings. The fraction of sp³-hybridized carbons (Fsp3) is 0.412. The zero-order valence-corrected chi connectivity index (χ0v) is 44.3. The largest absolute Gasteiger partial charge is 0.748 e. The molecule has 0 bridgehead atoms. The second kappa shape index (κ2) is 20.1. The van der Waals surface area contributed by atoms with E-state index >= 15 is 0 Å². The summed E-state index contributed by atoms with van der Waals surface area (Å²) in [6.45, 7) is 15.2. The molecule has 17 nitrogen and oxygen atoms in total. The minimum absolute atomic E-state index is 0.0118. The first kappa shape index (κ1) is 53.4. The number of benzene rings is 4. The summed E-state index contributed by atoms with van der Waals surface area (Å²) in [7, 11) is -13.9. The van der Waals surface area contributed by atoms with E-state index in [1.54, 1.807) is 19.1 Å². The van der Waals surface area contributed by atoms with Crippen LogP contribution in [0.2, 0.25) is 0 Å². The molecule has 8 rings (SSSR count). The van der Waals surface area contributed by atoms with Crippen LogP contribution in [-0.4, -0.2) is 110 Å². The highest BCUT2D eigenvalue weighted by atomic mass is 32.2. The number of allylic oxidation sites excluding steroid dienone is 8. The highest BCUT2D eigenvalue weighted by molar-refractivity contribution is 7.94. The first-order valence-electron chi connectivity index (χ1n) is 23.6. The van der Waals surface area contributed by atoms with Gasteiger partial charge in [-0.2, -0.15) is 4.33 Å². The molecule has 3 heterocycles. The summed E-state index contributed by atoms with van der Waals surface area (Å²) >= 11 is 0.789. The predicted molar refractivity (Wildman–Crippen MR) is 271 cm³/mol. The molecular weight excluding hydrogens is 1000 g/mol. The highest BCUT2D eigenvalue weighted by Crippen LogP contribution is 2.53. The molecule has 0 radical (unpaired) electrons. The second-order valence-corrected chi connectivity index (χ2v) is 25.7. The Kier molecular flexibility index (Phi) is 14.9. The SMILES string of the molecule is CC(=O)N1CC[N+](=C2C(=CC=C3N(CCC(C)S(=O)(=O)[O-])c4ccc5cc(SOO[O-])ccc5c4C3(C)C)CCC2=C/C=C2/N(CCC(C)S(=O)(=O)[O-])c3ccc4cc(S(=O)(=O)[O-])ccc4c3C2(C)C)CC1. The number of hydrogen-bond donors (Lipinski definition) is 0. The van der Waals surface area contributed by atoms with Crippen molar-refractivity contribution in [1.82, 2.24) is 4.90 Å². The minimum atomic E-state index is -4.74. The fourth-order valence-corrected chi connectivity index (χ4v) is 12.5. The van der Waals surface area contributed by atoms with Gasteiger partial charge in [-0.25, -0.2) is 29.8 Å². The normalized spacial score (nSPS) is 21.2. The first-order chi connectivity index (χ1) is 33.7. The lowest BCUT2D eigenvalue weighted by molar-refractivity contribution is -0.777. The van der Waals surface area contributed by atoms with Crippen LogP contribution in [0.1, 0.15) is 85.3 Å². The lowest BCUT2D eigenvalue weighted by atomic mass is 9.81. The van der Waals surface area contributed by atoms with Crippen LogP contribution in [0.15, 0.2) is 117 Å². The van der Waals surface area contributed by atoms with Gasteiger partial charge in [-0.3, -0.25) is 9.83 Å². The molecule has 4 aliphatic rings. The van der Waals surface area contributed by atoms with Crippen molar-refractivity contribution in [3.8, 4) is 0 Å². The molecule has 2 atom stereocenters. The number of fused-ring (bicyclic) bond motifs is 6. The van der Waals surface area contributed by atoms with E-state index in [-0.39, 0.29) is 36.7 Å². The van der Waals surface area contributed by atoms with Gasteiger partial charge in [-0.15, -0.1) is 0 Å². The van der Waals surface area contributed by atoms with Crippen LogP contribution >= 0.6 is 12.0 Å². The summed E-state index contributed by atoms with van der Waals surface area (Å²) in [5, 5.41) is 14.9. The Hall–Kier alpha value is -4.94. The Morgan fingerprint density at radius 2 is 1.18 bits per heavy atom. The van der Waals surface area contributed by atoms with E-state index in [1.807, 2.05) is 66.1 Å². The predicted octanol–water partition coefficient (Wildman–Crippen LogP) is 6.40. The Balaban J connectivity index is 1.24. The molecule has 0 aromatic heterocycles.